The Labute approximate surface area is 154 Å². The summed E-state index contributed by atoms with van der Waals surface area (Å²) in [7, 11) is 0. The van der Waals surface area contributed by atoms with Gasteiger partial charge in [-0.3, -0.25) is 20.4 Å². The maximum absolute atomic E-state index is 12.2. The summed E-state index contributed by atoms with van der Waals surface area (Å²) in [6, 6.07) is 11.1. The number of carbonyl (C=O) groups excluding carboxylic acids is 2. The van der Waals surface area contributed by atoms with Crippen LogP contribution in [-0.4, -0.2) is 23.4 Å². The van der Waals surface area contributed by atoms with E-state index >= 15 is 0 Å². The minimum Gasteiger partial charge on any atom is -0.484 e. The average molecular weight is 371 g/mol. The summed E-state index contributed by atoms with van der Waals surface area (Å²) in [6.07, 6.45) is 0. The number of aryl methyl sites for hydroxylation is 2. The second-order valence-corrected chi connectivity index (χ2v) is 6.46. The molecule has 2 amide bonds. The molecule has 3 rings (SSSR count). The fourth-order valence-corrected chi connectivity index (χ4v) is 2.84. The molecule has 3 aromatic rings. The number of amides is 2. The maximum atomic E-state index is 12.2. The van der Waals surface area contributed by atoms with Crippen LogP contribution in [0.2, 0.25) is 0 Å². The summed E-state index contributed by atoms with van der Waals surface area (Å²) >= 11 is 1.46. The molecular weight excluding hydrogens is 354 g/mol. The standard InChI is InChI=1S/C18H17N3O4S/c1-11-5-3-6-13(9-11)24-10-15(22)20-21-17(23)16-12(2)25-18(19-16)14-7-4-8-26-14/h3-9H,10H2,1-2H3,(H,20,22)(H,21,23). The van der Waals surface area contributed by atoms with Crippen molar-refractivity contribution >= 4 is 23.2 Å². The number of ether oxygens (including phenoxy) is 1. The van der Waals surface area contributed by atoms with Gasteiger partial charge in [0.2, 0.25) is 5.89 Å². The van der Waals surface area contributed by atoms with Crippen LogP contribution in [0.1, 0.15) is 21.8 Å². The van der Waals surface area contributed by atoms with Gasteiger partial charge in [0.05, 0.1) is 4.88 Å². The van der Waals surface area contributed by atoms with E-state index in [1.54, 1.807) is 13.0 Å². The van der Waals surface area contributed by atoms with Gasteiger partial charge in [0.15, 0.2) is 12.3 Å². The topological polar surface area (TPSA) is 93.5 Å². The first-order valence-corrected chi connectivity index (χ1v) is 8.71. The highest BCUT2D eigenvalue weighted by atomic mass is 32.1. The SMILES string of the molecule is Cc1cccc(OCC(=O)NNC(=O)c2nc(-c3cccs3)oc2C)c1. The number of nitrogens with zero attached hydrogens (tertiary/aromatic N) is 1. The van der Waals surface area contributed by atoms with E-state index < -0.39 is 11.8 Å². The number of rotatable bonds is 5. The Hall–Kier alpha value is -3.13. The fourth-order valence-electron chi connectivity index (χ4n) is 2.19. The molecule has 26 heavy (non-hydrogen) atoms. The van der Waals surface area contributed by atoms with Crippen molar-refractivity contribution in [2.75, 3.05) is 6.61 Å². The van der Waals surface area contributed by atoms with Crippen molar-refractivity contribution in [3.05, 3.63) is 58.8 Å². The summed E-state index contributed by atoms with van der Waals surface area (Å²) in [4.78, 5) is 29.0. The van der Waals surface area contributed by atoms with Gasteiger partial charge in [-0.25, -0.2) is 4.98 Å². The Morgan fingerprint density at radius 2 is 2.04 bits per heavy atom. The Bertz CT molecular complexity index is 918. The van der Waals surface area contributed by atoms with Crippen LogP contribution in [0.3, 0.4) is 0 Å². The third-order valence-electron chi connectivity index (χ3n) is 3.42. The molecule has 7 nitrogen and oxygen atoms in total. The summed E-state index contributed by atoms with van der Waals surface area (Å²) in [5.74, 6) is 0.282. The van der Waals surface area contributed by atoms with E-state index in [1.807, 2.05) is 42.6 Å². The maximum Gasteiger partial charge on any atom is 0.291 e. The quantitative estimate of drug-likeness (QED) is 0.673. The molecule has 0 aliphatic carbocycles. The van der Waals surface area contributed by atoms with Gasteiger partial charge < -0.3 is 9.15 Å². The molecule has 0 fully saturated rings. The van der Waals surface area contributed by atoms with Crippen molar-refractivity contribution in [1.82, 2.24) is 15.8 Å². The number of nitrogens with one attached hydrogen (secondary N) is 2. The molecule has 0 unspecified atom stereocenters. The van der Waals surface area contributed by atoms with Gasteiger partial charge in [-0.1, -0.05) is 18.2 Å². The van der Waals surface area contributed by atoms with Crippen molar-refractivity contribution < 1.29 is 18.7 Å². The van der Waals surface area contributed by atoms with Crippen LogP contribution in [-0.2, 0) is 4.79 Å². The zero-order valence-electron chi connectivity index (χ0n) is 14.2. The van der Waals surface area contributed by atoms with Gasteiger partial charge in [-0.2, -0.15) is 0 Å². The molecule has 0 aliphatic heterocycles. The normalized spacial score (nSPS) is 10.4. The fraction of sp³-hybridized carbons (Fsp3) is 0.167. The molecule has 0 aliphatic rings. The van der Waals surface area contributed by atoms with Crippen LogP contribution in [0.15, 0.2) is 46.2 Å². The molecule has 2 aromatic heterocycles. The number of hydrogen-bond donors (Lipinski definition) is 2. The minimum atomic E-state index is -0.557. The second kappa shape index (κ2) is 7.83. The Morgan fingerprint density at radius 1 is 1.19 bits per heavy atom. The first kappa shape index (κ1) is 17.7. The molecule has 2 N–H and O–H groups in total. The summed E-state index contributed by atoms with van der Waals surface area (Å²) in [5.41, 5.74) is 5.75. The molecule has 0 radical (unpaired) electrons. The number of oxazole rings is 1. The molecule has 0 saturated heterocycles. The predicted octanol–water partition coefficient (Wildman–Crippen LogP) is 2.86. The third kappa shape index (κ3) is 4.28. The van der Waals surface area contributed by atoms with Crippen LogP contribution >= 0.6 is 11.3 Å². The number of aromatic nitrogens is 1. The zero-order chi connectivity index (χ0) is 18.5. The predicted molar refractivity (Wildman–Crippen MR) is 96.8 cm³/mol. The average Bonchev–Trinajstić information content (AvgIpc) is 3.27. The van der Waals surface area contributed by atoms with E-state index in [9.17, 15) is 9.59 Å². The van der Waals surface area contributed by atoms with Crippen molar-refractivity contribution in [3.8, 4) is 16.5 Å². The third-order valence-corrected chi connectivity index (χ3v) is 4.28. The number of carbonyl (C=O) groups is 2. The second-order valence-electron chi connectivity index (χ2n) is 5.51. The number of benzene rings is 1. The largest absolute Gasteiger partial charge is 0.484 e. The summed E-state index contributed by atoms with van der Waals surface area (Å²) in [5, 5.41) is 1.89. The molecular formula is C18H17N3O4S. The number of thiophene rings is 1. The Balaban J connectivity index is 1.53. The van der Waals surface area contributed by atoms with Gasteiger partial charge in [-0.05, 0) is 43.0 Å². The van der Waals surface area contributed by atoms with E-state index in [0.29, 0.717) is 17.4 Å². The monoisotopic (exact) mass is 371 g/mol. The van der Waals surface area contributed by atoms with Gasteiger partial charge in [0.25, 0.3) is 11.8 Å². The summed E-state index contributed by atoms with van der Waals surface area (Å²) in [6.45, 7) is 3.35. The van der Waals surface area contributed by atoms with Gasteiger partial charge in [-0.15, -0.1) is 11.3 Å². The molecule has 0 bridgehead atoms. The van der Waals surface area contributed by atoms with Gasteiger partial charge >= 0.3 is 0 Å². The molecule has 0 atom stereocenters. The number of hydrazine groups is 1. The molecule has 8 heteroatoms. The first-order chi connectivity index (χ1) is 12.5. The van der Waals surface area contributed by atoms with Crippen LogP contribution in [0, 0.1) is 13.8 Å². The lowest BCUT2D eigenvalue weighted by molar-refractivity contribution is -0.123. The lowest BCUT2D eigenvalue weighted by atomic mass is 10.2. The van der Waals surface area contributed by atoms with Crippen molar-refractivity contribution in [2.45, 2.75) is 13.8 Å². The van der Waals surface area contributed by atoms with Crippen LogP contribution in [0.4, 0.5) is 0 Å². The van der Waals surface area contributed by atoms with E-state index in [2.05, 4.69) is 15.8 Å². The highest BCUT2D eigenvalue weighted by molar-refractivity contribution is 7.13. The lowest BCUT2D eigenvalue weighted by Gasteiger charge is -2.08. The zero-order valence-corrected chi connectivity index (χ0v) is 15.1. The van der Waals surface area contributed by atoms with Crippen LogP contribution in [0.25, 0.3) is 10.8 Å². The van der Waals surface area contributed by atoms with Crippen LogP contribution < -0.4 is 15.6 Å². The van der Waals surface area contributed by atoms with E-state index in [1.165, 1.54) is 11.3 Å². The molecule has 0 spiro atoms. The van der Waals surface area contributed by atoms with E-state index in [4.69, 9.17) is 9.15 Å². The van der Waals surface area contributed by atoms with Gasteiger partial charge in [0, 0.05) is 0 Å². The van der Waals surface area contributed by atoms with Crippen LogP contribution in [0.5, 0.6) is 5.75 Å². The molecule has 134 valence electrons. The lowest BCUT2D eigenvalue weighted by Crippen LogP contribution is -2.44. The van der Waals surface area contributed by atoms with Crippen molar-refractivity contribution in [2.24, 2.45) is 0 Å². The highest BCUT2D eigenvalue weighted by Gasteiger charge is 2.19. The molecule has 2 heterocycles. The number of hydrogen-bond acceptors (Lipinski definition) is 6. The smallest absolute Gasteiger partial charge is 0.291 e. The minimum absolute atomic E-state index is 0.119. The van der Waals surface area contributed by atoms with Gasteiger partial charge in [0.1, 0.15) is 11.5 Å². The Morgan fingerprint density at radius 3 is 2.77 bits per heavy atom. The van der Waals surface area contributed by atoms with E-state index in [-0.39, 0.29) is 12.3 Å². The van der Waals surface area contributed by atoms with E-state index in [0.717, 1.165) is 10.4 Å². The highest BCUT2D eigenvalue weighted by Crippen LogP contribution is 2.25. The molecule has 1 aromatic carbocycles. The van der Waals surface area contributed by atoms with Crippen molar-refractivity contribution in [1.29, 1.82) is 0 Å². The Kier molecular flexibility index (Phi) is 5.33. The first-order valence-electron chi connectivity index (χ1n) is 7.83. The van der Waals surface area contributed by atoms with Crippen molar-refractivity contribution in [3.63, 3.8) is 0 Å². The molecule has 0 saturated carbocycles. The summed E-state index contributed by atoms with van der Waals surface area (Å²) < 4.78 is 10.9.